The summed E-state index contributed by atoms with van der Waals surface area (Å²) in [7, 11) is 0. The molecule has 0 aromatic heterocycles. The number of rotatable bonds is 7. The molecule has 0 saturated carbocycles. The minimum Gasteiger partial charge on any atom is -0.480 e. The highest BCUT2D eigenvalue weighted by atomic mass is 79.9. The first-order chi connectivity index (χ1) is 10.8. The van der Waals surface area contributed by atoms with Crippen molar-refractivity contribution < 1.29 is 24.3 Å². The van der Waals surface area contributed by atoms with Crippen molar-refractivity contribution in [1.29, 1.82) is 0 Å². The number of unbranched alkanes of at least 4 members (excludes halogenated alkanes) is 1. The second kappa shape index (κ2) is 7.08. The highest BCUT2D eigenvalue weighted by molar-refractivity contribution is 9.12. The summed E-state index contributed by atoms with van der Waals surface area (Å²) in [5.74, 6) is -2.22. The summed E-state index contributed by atoms with van der Waals surface area (Å²) in [5.41, 5.74) is 0.585. The number of nitrogens with zero attached hydrogens (tertiary/aromatic N) is 2. The van der Waals surface area contributed by atoms with E-state index in [1.54, 1.807) is 6.08 Å². The first-order valence-corrected chi connectivity index (χ1v) is 8.08. The molecular weight excluding hydrogens is 368 g/mol. The van der Waals surface area contributed by atoms with Gasteiger partial charge in [0.05, 0.1) is 4.48 Å². The van der Waals surface area contributed by atoms with Gasteiger partial charge in [0.1, 0.15) is 6.04 Å². The van der Waals surface area contributed by atoms with Gasteiger partial charge in [-0.1, -0.05) is 6.58 Å². The summed E-state index contributed by atoms with van der Waals surface area (Å²) >= 11 is 3.14. The van der Waals surface area contributed by atoms with Crippen LogP contribution in [0.15, 0.2) is 22.8 Å². The number of allylic oxidation sites excluding steroid dienone is 1. The lowest BCUT2D eigenvalue weighted by molar-refractivity contribution is -0.154. The standard InChI is InChI=1S/C15H17BrN2O5/c1-9-8-10(16)14(21)17(9)7-3-2-4-11(15(22)23)18-12(19)5-6-13(18)20/h8,11H,1-7H2,(H,22,23). The van der Waals surface area contributed by atoms with E-state index in [0.717, 1.165) is 4.90 Å². The molecule has 124 valence electrons. The predicted molar refractivity (Wildman–Crippen MR) is 84.2 cm³/mol. The van der Waals surface area contributed by atoms with Gasteiger partial charge in [-0.3, -0.25) is 19.3 Å². The van der Waals surface area contributed by atoms with Crippen LogP contribution in [0.3, 0.4) is 0 Å². The van der Waals surface area contributed by atoms with E-state index >= 15 is 0 Å². The number of amides is 3. The second-order valence-corrected chi connectivity index (χ2v) is 6.30. The molecule has 0 aliphatic carbocycles. The lowest BCUT2D eigenvalue weighted by Gasteiger charge is -2.23. The Morgan fingerprint density at radius 3 is 2.35 bits per heavy atom. The predicted octanol–water partition coefficient (Wildman–Crippen LogP) is 1.39. The van der Waals surface area contributed by atoms with Gasteiger partial charge in [-0.05, 0) is 41.3 Å². The van der Waals surface area contributed by atoms with Gasteiger partial charge in [0.2, 0.25) is 11.8 Å². The molecular formula is C15H17BrN2O5. The van der Waals surface area contributed by atoms with E-state index in [0.29, 0.717) is 29.6 Å². The van der Waals surface area contributed by atoms with Gasteiger partial charge in [-0.25, -0.2) is 4.79 Å². The summed E-state index contributed by atoms with van der Waals surface area (Å²) in [5, 5.41) is 9.26. The van der Waals surface area contributed by atoms with E-state index in [4.69, 9.17) is 0 Å². The highest BCUT2D eigenvalue weighted by Gasteiger charge is 2.38. The van der Waals surface area contributed by atoms with Crippen molar-refractivity contribution in [3.63, 3.8) is 0 Å². The van der Waals surface area contributed by atoms with Crippen molar-refractivity contribution in [3.05, 3.63) is 22.8 Å². The van der Waals surface area contributed by atoms with Crippen LogP contribution in [0.4, 0.5) is 0 Å². The van der Waals surface area contributed by atoms with Crippen LogP contribution < -0.4 is 0 Å². The molecule has 0 aromatic carbocycles. The molecule has 2 heterocycles. The molecule has 0 aromatic rings. The Kier molecular flexibility index (Phi) is 5.35. The molecule has 1 unspecified atom stereocenters. The molecule has 8 heteroatoms. The van der Waals surface area contributed by atoms with Crippen molar-refractivity contribution in [2.24, 2.45) is 0 Å². The zero-order chi connectivity index (χ0) is 17.1. The third-order valence-electron chi connectivity index (χ3n) is 3.89. The fourth-order valence-corrected chi connectivity index (χ4v) is 3.18. The van der Waals surface area contributed by atoms with Crippen LogP contribution in [0.25, 0.3) is 0 Å². The van der Waals surface area contributed by atoms with Crippen LogP contribution in [0.5, 0.6) is 0 Å². The maximum absolute atomic E-state index is 11.8. The molecule has 1 N–H and O–H groups in total. The Labute approximate surface area is 141 Å². The van der Waals surface area contributed by atoms with Gasteiger partial charge in [-0.15, -0.1) is 0 Å². The number of carboxylic acids is 1. The van der Waals surface area contributed by atoms with Gasteiger partial charge in [-0.2, -0.15) is 0 Å². The van der Waals surface area contributed by atoms with Crippen LogP contribution >= 0.6 is 15.9 Å². The Morgan fingerprint density at radius 1 is 1.26 bits per heavy atom. The van der Waals surface area contributed by atoms with E-state index in [9.17, 15) is 24.3 Å². The molecule has 0 spiro atoms. The Morgan fingerprint density at radius 2 is 1.87 bits per heavy atom. The quantitative estimate of drug-likeness (QED) is 0.528. The van der Waals surface area contributed by atoms with Gasteiger partial charge >= 0.3 is 5.97 Å². The van der Waals surface area contributed by atoms with Crippen molar-refractivity contribution in [3.8, 4) is 0 Å². The number of likely N-dealkylation sites (tertiary alicyclic amines) is 1. The Hall–Kier alpha value is -1.96. The third kappa shape index (κ3) is 3.69. The van der Waals surface area contributed by atoms with E-state index in [1.807, 2.05) is 0 Å². The average Bonchev–Trinajstić information content (AvgIpc) is 2.92. The molecule has 0 bridgehead atoms. The highest BCUT2D eigenvalue weighted by Crippen LogP contribution is 2.25. The maximum Gasteiger partial charge on any atom is 0.326 e. The first kappa shape index (κ1) is 17.4. The molecule has 1 saturated heterocycles. The van der Waals surface area contributed by atoms with Crippen molar-refractivity contribution in [1.82, 2.24) is 9.80 Å². The van der Waals surface area contributed by atoms with Crippen molar-refractivity contribution in [2.45, 2.75) is 38.1 Å². The molecule has 2 aliphatic rings. The largest absolute Gasteiger partial charge is 0.480 e. The van der Waals surface area contributed by atoms with Crippen LogP contribution in [0.1, 0.15) is 32.1 Å². The van der Waals surface area contributed by atoms with Gasteiger partial charge in [0, 0.05) is 25.1 Å². The fraction of sp³-hybridized carbons (Fsp3) is 0.467. The number of halogens is 1. The first-order valence-electron chi connectivity index (χ1n) is 7.28. The lowest BCUT2D eigenvalue weighted by Crippen LogP contribution is -2.44. The van der Waals surface area contributed by atoms with Crippen LogP contribution in [0.2, 0.25) is 0 Å². The Bertz CT molecular complexity index is 597. The summed E-state index contributed by atoms with van der Waals surface area (Å²) in [4.78, 5) is 48.8. The maximum atomic E-state index is 11.8. The summed E-state index contributed by atoms with van der Waals surface area (Å²) < 4.78 is 0.444. The smallest absolute Gasteiger partial charge is 0.326 e. The number of aliphatic carboxylic acids is 1. The van der Waals surface area contributed by atoms with E-state index in [2.05, 4.69) is 22.5 Å². The van der Waals surface area contributed by atoms with Crippen LogP contribution in [-0.2, 0) is 19.2 Å². The molecule has 7 nitrogen and oxygen atoms in total. The van der Waals surface area contributed by atoms with Crippen LogP contribution in [-0.4, -0.2) is 51.2 Å². The average molecular weight is 385 g/mol. The number of imide groups is 1. The summed E-state index contributed by atoms with van der Waals surface area (Å²) in [6.45, 7) is 4.18. The molecule has 0 radical (unpaired) electrons. The topological polar surface area (TPSA) is 95.0 Å². The minimum absolute atomic E-state index is 0.0738. The monoisotopic (exact) mass is 384 g/mol. The summed E-state index contributed by atoms with van der Waals surface area (Å²) in [6, 6.07) is -1.13. The number of carboxylic acid groups (broad SMARTS) is 1. The van der Waals surface area contributed by atoms with Gasteiger partial charge < -0.3 is 10.0 Å². The minimum atomic E-state index is -1.18. The number of hydrogen-bond donors (Lipinski definition) is 1. The number of carbonyl (C=O) groups excluding carboxylic acids is 3. The van der Waals surface area contributed by atoms with Crippen molar-refractivity contribution >= 4 is 39.6 Å². The zero-order valence-corrected chi connectivity index (χ0v) is 14.0. The number of carbonyl (C=O) groups is 4. The van der Waals surface area contributed by atoms with Gasteiger partial charge in [0.25, 0.3) is 5.91 Å². The van der Waals surface area contributed by atoms with Crippen LogP contribution in [0, 0.1) is 0 Å². The SMILES string of the molecule is C=C1C=C(Br)C(=O)N1CCCCC(C(=O)O)N1C(=O)CCC1=O. The van der Waals surface area contributed by atoms with Crippen molar-refractivity contribution in [2.75, 3.05) is 6.54 Å². The Balaban J connectivity index is 1.85. The molecule has 2 rings (SSSR count). The lowest BCUT2D eigenvalue weighted by atomic mass is 10.1. The molecule has 23 heavy (non-hydrogen) atoms. The molecule has 2 aliphatic heterocycles. The molecule has 3 amide bonds. The normalized spacial score (nSPS) is 19.6. The molecule has 1 fully saturated rings. The number of hydrogen-bond acceptors (Lipinski definition) is 4. The fourth-order valence-electron chi connectivity index (χ4n) is 2.70. The summed E-state index contributed by atoms with van der Waals surface area (Å²) in [6.07, 6.45) is 2.98. The second-order valence-electron chi connectivity index (χ2n) is 5.45. The van der Waals surface area contributed by atoms with E-state index in [-0.39, 0.29) is 25.2 Å². The molecule has 1 atom stereocenters. The van der Waals surface area contributed by atoms with E-state index < -0.39 is 23.8 Å². The third-order valence-corrected chi connectivity index (χ3v) is 4.45. The van der Waals surface area contributed by atoms with Gasteiger partial charge in [0.15, 0.2) is 0 Å². The van der Waals surface area contributed by atoms with E-state index in [1.165, 1.54) is 4.90 Å². The zero-order valence-electron chi connectivity index (χ0n) is 12.5.